The number of nitrogens with zero attached hydrogens (tertiary/aromatic N) is 2. The van der Waals surface area contributed by atoms with Crippen molar-refractivity contribution in [3.8, 4) is 22.8 Å². The van der Waals surface area contributed by atoms with E-state index >= 15 is 0 Å². The van der Waals surface area contributed by atoms with Crippen molar-refractivity contribution in [3.05, 3.63) is 71.9 Å². The van der Waals surface area contributed by atoms with Crippen molar-refractivity contribution < 1.29 is 9.47 Å². The molecule has 32 heavy (non-hydrogen) atoms. The highest BCUT2D eigenvalue weighted by Gasteiger charge is 2.18. The van der Waals surface area contributed by atoms with Crippen molar-refractivity contribution in [2.75, 3.05) is 19.7 Å². The van der Waals surface area contributed by atoms with E-state index in [4.69, 9.17) is 9.47 Å². The maximum absolute atomic E-state index is 5.93. The lowest BCUT2D eigenvalue weighted by Crippen LogP contribution is -2.45. The third kappa shape index (κ3) is 7.09. The molecule has 0 spiro atoms. The third-order valence-electron chi connectivity index (χ3n) is 5.36. The first-order chi connectivity index (χ1) is 14.8. The summed E-state index contributed by atoms with van der Waals surface area (Å²) in [4.78, 5) is 0. The number of unbranched alkanes of at least 4 members (excludes halogenated alkanes) is 1. The number of rotatable bonds is 10. The fourth-order valence-corrected chi connectivity index (χ4v) is 3.39. The maximum atomic E-state index is 5.93. The van der Waals surface area contributed by atoms with Crippen LogP contribution in [0.3, 0.4) is 0 Å². The molecule has 0 unspecified atom stereocenters. The molecule has 7 heteroatoms. The minimum atomic E-state index is 0. The lowest BCUT2D eigenvalue weighted by atomic mass is 10.0. The summed E-state index contributed by atoms with van der Waals surface area (Å²) in [5.74, 6) is 2.02. The Kier molecular flexibility index (Phi) is 10.7. The average Bonchev–Trinajstić information content (AvgIpc) is 2.77. The zero-order valence-corrected chi connectivity index (χ0v) is 20.0. The first kappa shape index (κ1) is 25.9. The third-order valence-corrected chi connectivity index (χ3v) is 5.36. The summed E-state index contributed by atoms with van der Waals surface area (Å²) in [5, 5.41) is 12.1. The van der Waals surface area contributed by atoms with Crippen molar-refractivity contribution in [1.29, 1.82) is 0 Å². The van der Waals surface area contributed by atoms with Crippen LogP contribution in [0.2, 0.25) is 0 Å². The molecule has 172 valence electrons. The van der Waals surface area contributed by atoms with Crippen LogP contribution in [-0.2, 0) is 13.0 Å². The van der Waals surface area contributed by atoms with Crippen LogP contribution in [0.25, 0.3) is 11.1 Å². The first-order valence-electron chi connectivity index (χ1n) is 10.8. The molecular weight excluding hydrogens is 445 g/mol. The zero-order valence-electron chi connectivity index (χ0n) is 18.3. The average molecular weight is 476 g/mol. The second-order valence-corrected chi connectivity index (χ2v) is 7.78. The molecule has 2 aromatic carbocycles. The van der Waals surface area contributed by atoms with E-state index in [0.717, 1.165) is 60.5 Å². The van der Waals surface area contributed by atoms with Gasteiger partial charge in [-0.05, 0) is 36.1 Å². The van der Waals surface area contributed by atoms with Gasteiger partial charge in [0.15, 0.2) is 0 Å². The molecule has 3 aromatic rings. The molecule has 1 saturated heterocycles. The number of ether oxygens (including phenoxy) is 2. The van der Waals surface area contributed by atoms with Crippen LogP contribution in [0, 0.1) is 5.92 Å². The minimum absolute atomic E-state index is 0. The summed E-state index contributed by atoms with van der Waals surface area (Å²) >= 11 is 0. The number of benzene rings is 2. The lowest BCUT2D eigenvalue weighted by molar-refractivity contribution is 0.192. The van der Waals surface area contributed by atoms with E-state index in [0.29, 0.717) is 25.0 Å². The molecule has 0 amide bonds. The predicted molar refractivity (Wildman–Crippen MR) is 133 cm³/mol. The van der Waals surface area contributed by atoms with E-state index in [1.807, 2.05) is 36.4 Å². The van der Waals surface area contributed by atoms with Gasteiger partial charge in [0.2, 0.25) is 5.88 Å². The number of nitrogens with one attached hydrogen (secondary N) is 1. The summed E-state index contributed by atoms with van der Waals surface area (Å²) in [7, 11) is 0. The molecule has 1 aliphatic heterocycles. The second-order valence-electron chi connectivity index (χ2n) is 7.78. The Hall–Kier alpha value is -2.34. The predicted octanol–water partition coefficient (Wildman–Crippen LogP) is 5.51. The van der Waals surface area contributed by atoms with Crippen LogP contribution in [0.5, 0.6) is 11.6 Å². The van der Waals surface area contributed by atoms with Crippen LogP contribution < -0.4 is 14.8 Å². The lowest BCUT2D eigenvalue weighted by Gasteiger charge is -2.26. The number of aryl methyl sites for hydroxylation is 1. The number of hydrogen-bond donors (Lipinski definition) is 1. The Morgan fingerprint density at radius 2 is 1.69 bits per heavy atom. The first-order valence-corrected chi connectivity index (χ1v) is 10.8. The van der Waals surface area contributed by atoms with Crippen molar-refractivity contribution in [1.82, 2.24) is 15.5 Å². The van der Waals surface area contributed by atoms with Gasteiger partial charge in [0.05, 0.1) is 12.3 Å². The molecule has 2 heterocycles. The van der Waals surface area contributed by atoms with Crippen LogP contribution >= 0.6 is 24.8 Å². The van der Waals surface area contributed by atoms with E-state index in [2.05, 4.69) is 46.7 Å². The summed E-state index contributed by atoms with van der Waals surface area (Å²) in [6.07, 6.45) is 3.13. The molecule has 1 aliphatic rings. The highest BCUT2D eigenvalue weighted by atomic mass is 35.5. The largest absolute Gasteiger partial charge is 0.489 e. The summed E-state index contributed by atoms with van der Waals surface area (Å²) in [6.45, 7) is 5.46. The minimum Gasteiger partial charge on any atom is -0.489 e. The van der Waals surface area contributed by atoms with Crippen LogP contribution in [0.1, 0.15) is 31.0 Å². The normalized spacial score (nSPS) is 12.8. The van der Waals surface area contributed by atoms with Gasteiger partial charge in [-0.3, -0.25) is 0 Å². The SMILES string of the molecule is CCCCc1nnc(OCC2CNC2)cc1-c1ccc(OCc2ccccc2)cc1.Cl.Cl. The Labute approximate surface area is 202 Å². The Morgan fingerprint density at radius 3 is 2.34 bits per heavy atom. The molecule has 0 atom stereocenters. The van der Waals surface area contributed by atoms with E-state index in [1.54, 1.807) is 0 Å². The molecule has 1 fully saturated rings. The van der Waals surface area contributed by atoms with Gasteiger partial charge < -0.3 is 14.8 Å². The highest BCUT2D eigenvalue weighted by Crippen LogP contribution is 2.28. The molecule has 0 bridgehead atoms. The van der Waals surface area contributed by atoms with Crippen molar-refractivity contribution in [2.45, 2.75) is 32.8 Å². The van der Waals surface area contributed by atoms with Gasteiger partial charge >= 0.3 is 0 Å². The number of hydrogen-bond acceptors (Lipinski definition) is 5. The smallest absolute Gasteiger partial charge is 0.234 e. The van der Waals surface area contributed by atoms with Gasteiger partial charge in [0, 0.05) is 30.6 Å². The van der Waals surface area contributed by atoms with Gasteiger partial charge in [-0.2, -0.15) is 5.10 Å². The van der Waals surface area contributed by atoms with E-state index < -0.39 is 0 Å². The van der Waals surface area contributed by atoms with Crippen LogP contribution in [0.4, 0.5) is 0 Å². The quantitative estimate of drug-likeness (QED) is 0.418. The Morgan fingerprint density at radius 1 is 0.938 bits per heavy atom. The standard InChI is InChI=1S/C25H29N3O2.2ClH/c1-2-3-9-24-23(14-25(28-27-24)30-18-20-15-26-16-20)21-10-12-22(13-11-21)29-17-19-7-5-4-6-8-19;;/h4-8,10-14,20,26H,2-3,9,15-18H2,1H3;2*1H. The van der Waals surface area contributed by atoms with Gasteiger partial charge in [0.1, 0.15) is 12.4 Å². The summed E-state index contributed by atoms with van der Waals surface area (Å²) in [5.41, 5.74) is 4.38. The van der Waals surface area contributed by atoms with Crippen LogP contribution in [0.15, 0.2) is 60.7 Å². The van der Waals surface area contributed by atoms with Crippen molar-refractivity contribution >= 4 is 24.8 Å². The van der Waals surface area contributed by atoms with Crippen LogP contribution in [-0.4, -0.2) is 29.9 Å². The topological polar surface area (TPSA) is 56.3 Å². The van der Waals surface area contributed by atoms with Gasteiger partial charge in [-0.15, -0.1) is 29.9 Å². The monoisotopic (exact) mass is 475 g/mol. The molecule has 0 radical (unpaired) electrons. The number of aromatic nitrogens is 2. The highest BCUT2D eigenvalue weighted by molar-refractivity contribution is 5.85. The molecule has 1 aromatic heterocycles. The van der Waals surface area contributed by atoms with Gasteiger partial charge in [-0.25, -0.2) is 0 Å². The molecule has 1 N–H and O–H groups in total. The summed E-state index contributed by atoms with van der Waals surface area (Å²) < 4.78 is 11.8. The molecule has 5 nitrogen and oxygen atoms in total. The fourth-order valence-electron chi connectivity index (χ4n) is 3.39. The fraction of sp³-hybridized carbons (Fsp3) is 0.360. The Balaban J connectivity index is 0.00000181. The number of halogens is 2. The molecular formula is C25H31Cl2N3O2. The molecule has 4 rings (SSSR count). The van der Waals surface area contributed by atoms with E-state index in [9.17, 15) is 0 Å². The zero-order chi connectivity index (χ0) is 20.6. The summed E-state index contributed by atoms with van der Waals surface area (Å²) in [6, 6.07) is 20.4. The van der Waals surface area contributed by atoms with Crippen molar-refractivity contribution in [3.63, 3.8) is 0 Å². The van der Waals surface area contributed by atoms with Gasteiger partial charge in [-0.1, -0.05) is 55.8 Å². The second kappa shape index (κ2) is 13.3. The molecule has 0 aliphatic carbocycles. The molecule has 0 saturated carbocycles. The van der Waals surface area contributed by atoms with Crippen molar-refractivity contribution in [2.24, 2.45) is 5.92 Å². The van der Waals surface area contributed by atoms with Gasteiger partial charge in [0.25, 0.3) is 0 Å². The maximum Gasteiger partial charge on any atom is 0.234 e. The van der Waals surface area contributed by atoms with E-state index in [-0.39, 0.29) is 24.8 Å². The Bertz CT molecular complexity index is 936. The van der Waals surface area contributed by atoms with E-state index in [1.165, 1.54) is 0 Å².